The number of thioether (sulfide) groups is 1. The van der Waals surface area contributed by atoms with E-state index in [9.17, 15) is 14.4 Å². The molecule has 7 heteroatoms. The molecule has 1 aromatic rings. The van der Waals surface area contributed by atoms with Crippen LogP contribution in [-0.4, -0.2) is 32.6 Å². The van der Waals surface area contributed by atoms with Crippen molar-refractivity contribution in [1.82, 2.24) is 15.1 Å². The third-order valence-electron chi connectivity index (χ3n) is 3.84. The lowest BCUT2D eigenvalue weighted by molar-refractivity contribution is -0.127. The summed E-state index contributed by atoms with van der Waals surface area (Å²) in [5, 5.41) is 7.00. The monoisotopic (exact) mass is 307 g/mol. The Balaban J connectivity index is 1.75. The molecular weight excluding hydrogens is 290 g/mol. The molecule has 1 saturated heterocycles. The van der Waals surface area contributed by atoms with Crippen molar-refractivity contribution in [3.05, 3.63) is 28.2 Å². The van der Waals surface area contributed by atoms with Gasteiger partial charge in [0.1, 0.15) is 6.04 Å². The molecule has 2 heterocycles. The molecular formula is C14H17N3O3S. The second kappa shape index (κ2) is 5.63. The zero-order valence-electron chi connectivity index (χ0n) is 11.7. The predicted octanol–water partition coefficient (Wildman–Crippen LogP) is 0.830. The molecule has 0 radical (unpaired) electrons. The Hall–Kier alpha value is -1.63. The summed E-state index contributed by atoms with van der Waals surface area (Å²) >= 11 is 1.23. The van der Waals surface area contributed by atoms with E-state index in [4.69, 9.17) is 0 Å². The minimum absolute atomic E-state index is 0.0115. The van der Waals surface area contributed by atoms with E-state index in [1.54, 1.807) is 13.0 Å². The zero-order chi connectivity index (χ0) is 15.0. The Bertz CT molecular complexity index is 639. The summed E-state index contributed by atoms with van der Waals surface area (Å²) in [5.41, 5.74) is 0.566. The molecule has 3 rings (SSSR count). The number of hydrogen-bond acceptors (Lipinski definition) is 5. The van der Waals surface area contributed by atoms with E-state index in [0.717, 1.165) is 24.3 Å². The molecule has 0 bridgehead atoms. The molecule has 1 amide bonds. The van der Waals surface area contributed by atoms with Gasteiger partial charge in [-0.2, -0.15) is 5.10 Å². The van der Waals surface area contributed by atoms with Gasteiger partial charge in [-0.05, 0) is 32.3 Å². The lowest BCUT2D eigenvalue weighted by Crippen LogP contribution is -2.43. The number of amides is 1. The lowest BCUT2D eigenvalue weighted by Gasteiger charge is -2.17. The molecule has 0 aromatic carbocycles. The molecule has 0 spiro atoms. The minimum Gasteiger partial charge on any atom is -0.343 e. The Kier molecular flexibility index (Phi) is 3.84. The van der Waals surface area contributed by atoms with Crippen LogP contribution in [0.1, 0.15) is 43.8 Å². The predicted molar refractivity (Wildman–Crippen MR) is 79.2 cm³/mol. The van der Waals surface area contributed by atoms with Gasteiger partial charge >= 0.3 is 0 Å². The Morgan fingerprint density at radius 3 is 2.76 bits per heavy atom. The van der Waals surface area contributed by atoms with Crippen molar-refractivity contribution in [1.29, 1.82) is 0 Å². The second-order valence-electron chi connectivity index (χ2n) is 5.51. The topological polar surface area (TPSA) is 81.1 Å². The van der Waals surface area contributed by atoms with Gasteiger partial charge in [-0.25, -0.2) is 4.68 Å². The normalized spacial score (nSPS) is 23.1. The van der Waals surface area contributed by atoms with E-state index in [2.05, 4.69) is 10.4 Å². The maximum Gasteiger partial charge on any atom is 0.267 e. The summed E-state index contributed by atoms with van der Waals surface area (Å²) < 4.78 is 1.22. The molecule has 2 fully saturated rings. The van der Waals surface area contributed by atoms with E-state index in [-0.39, 0.29) is 16.6 Å². The molecule has 1 aromatic heterocycles. The van der Waals surface area contributed by atoms with Crippen molar-refractivity contribution in [3.8, 4) is 0 Å². The van der Waals surface area contributed by atoms with E-state index in [1.807, 2.05) is 0 Å². The highest BCUT2D eigenvalue weighted by Gasteiger charge is 2.30. The number of hydrogen-bond donors (Lipinski definition) is 1. The molecule has 1 aliphatic carbocycles. The van der Waals surface area contributed by atoms with Gasteiger partial charge in [-0.1, -0.05) is 11.8 Å². The third kappa shape index (κ3) is 3.02. The first kappa shape index (κ1) is 14.3. The Morgan fingerprint density at radius 2 is 2.14 bits per heavy atom. The van der Waals surface area contributed by atoms with Crippen molar-refractivity contribution in [2.75, 3.05) is 5.75 Å². The average molecular weight is 307 g/mol. The molecule has 1 saturated carbocycles. The largest absolute Gasteiger partial charge is 0.343 e. The van der Waals surface area contributed by atoms with Crippen LogP contribution in [0.15, 0.2) is 16.9 Å². The van der Waals surface area contributed by atoms with E-state index in [0.29, 0.717) is 12.3 Å². The number of nitrogens with zero attached hydrogens (tertiary/aromatic N) is 2. The minimum atomic E-state index is -0.713. The zero-order valence-corrected chi connectivity index (χ0v) is 12.6. The highest BCUT2D eigenvalue weighted by Crippen LogP contribution is 2.38. The molecule has 1 N–H and O–H groups in total. The number of carbonyl (C=O) groups excluding carboxylic acids is 2. The molecule has 112 valence electrons. The van der Waals surface area contributed by atoms with Gasteiger partial charge in [-0.15, -0.1) is 0 Å². The van der Waals surface area contributed by atoms with Gasteiger partial charge in [0.2, 0.25) is 11.0 Å². The van der Waals surface area contributed by atoms with Gasteiger partial charge < -0.3 is 5.32 Å². The number of nitrogens with one attached hydrogen (secondary N) is 1. The first-order chi connectivity index (χ1) is 10.1. The van der Waals surface area contributed by atoms with Crippen molar-refractivity contribution in [2.45, 2.75) is 44.2 Å². The van der Waals surface area contributed by atoms with Gasteiger partial charge in [0.05, 0.1) is 11.7 Å². The highest BCUT2D eigenvalue weighted by molar-refractivity contribution is 8.14. The Labute approximate surface area is 126 Å². The van der Waals surface area contributed by atoms with Crippen LogP contribution >= 0.6 is 11.8 Å². The molecule has 2 atom stereocenters. The summed E-state index contributed by atoms with van der Waals surface area (Å²) in [7, 11) is 0. The van der Waals surface area contributed by atoms with Gasteiger partial charge in [0, 0.05) is 17.7 Å². The molecule has 6 nitrogen and oxygen atoms in total. The van der Waals surface area contributed by atoms with Gasteiger partial charge in [0.15, 0.2) is 0 Å². The third-order valence-corrected chi connectivity index (χ3v) is 4.85. The van der Waals surface area contributed by atoms with Crippen LogP contribution in [0.5, 0.6) is 0 Å². The summed E-state index contributed by atoms with van der Waals surface area (Å²) in [6.45, 7) is 1.63. The number of rotatable bonds is 4. The second-order valence-corrected chi connectivity index (χ2v) is 6.61. The fourth-order valence-electron chi connectivity index (χ4n) is 2.34. The highest BCUT2D eigenvalue weighted by atomic mass is 32.2. The molecule has 2 aliphatic rings. The SMILES string of the molecule is CC(C(=O)NC1CCSC1=O)n1nc(C2CC2)ccc1=O. The smallest absolute Gasteiger partial charge is 0.267 e. The van der Waals surface area contributed by atoms with Crippen molar-refractivity contribution in [3.63, 3.8) is 0 Å². The maximum absolute atomic E-state index is 12.2. The van der Waals surface area contributed by atoms with Gasteiger partial charge in [0.25, 0.3) is 5.56 Å². The van der Waals surface area contributed by atoms with E-state index < -0.39 is 12.1 Å². The fraction of sp³-hybridized carbons (Fsp3) is 0.571. The van der Waals surface area contributed by atoms with Crippen molar-refractivity contribution < 1.29 is 9.59 Å². The van der Waals surface area contributed by atoms with Crippen LogP contribution in [0, 0.1) is 0 Å². The Morgan fingerprint density at radius 1 is 1.38 bits per heavy atom. The molecule has 21 heavy (non-hydrogen) atoms. The van der Waals surface area contributed by atoms with Crippen LogP contribution in [0.25, 0.3) is 0 Å². The summed E-state index contributed by atoms with van der Waals surface area (Å²) in [6.07, 6.45) is 2.81. The maximum atomic E-state index is 12.2. The first-order valence-corrected chi connectivity index (χ1v) is 8.11. The summed E-state index contributed by atoms with van der Waals surface area (Å²) in [6, 6.07) is 2.04. The van der Waals surface area contributed by atoms with Crippen molar-refractivity contribution in [2.24, 2.45) is 0 Å². The van der Waals surface area contributed by atoms with Crippen molar-refractivity contribution >= 4 is 22.8 Å². The molecule has 1 aliphatic heterocycles. The first-order valence-electron chi connectivity index (χ1n) is 7.13. The molecule has 2 unspecified atom stereocenters. The van der Waals surface area contributed by atoms with Crippen LogP contribution in [0.4, 0.5) is 0 Å². The van der Waals surface area contributed by atoms with Crippen LogP contribution in [0.3, 0.4) is 0 Å². The van der Waals surface area contributed by atoms with E-state index in [1.165, 1.54) is 22.5 Å². The fourth-order valence-corrected chi connectivity index (χ4v) is 3.28. The van der Waals surface area contributed by atoms with E-state index >= 15 is 0 Å². The van der Waals surface area contributed by atoms with Crippen LogP contribution < -0.4 is 10.9 Å². The van der Waals surface area contributed by atoms with Gasteiger partial charge in [-0.3, -0.25) is 14.4 Å². The average Bonchev–Trinajstić information content (AvgIpc) is 3.24. The van der Waals surface area contributed by atoms with Crippen LogP contribution in [0.2, 0.25) is 0 Å². The summed E-state index contributed by atoms with van der Waals surface area (Å²) in [4.78, 5) is 35.7. The summed E-state index contributed by atoms with van der Waals surface area (Å²) in [5.74, 6) is 0.811. The number of aromatic nitrogens is 2. The number of carbonyl (C=O) groups is 2. The lowest BCUT2D eigenvalue weighted by atomic mass is 10.2. The standard InChI is InChI=1S/C14H17N3O3S/c1-8(13(19)15-11-6-7-21-14(11)20)17-12(18)5-4-10(16-17)9-2-3-9/h4-5,8-9,11H,2-3,6-7H2,1H3,(H,15,19). The quantitative estimate of drug-likeness (QED) is 0.891. The van der Waals surface area contributed by atoms with Crippen LogP contribution in [-0.2, 0) is 9.59 Å².